The highest BCUT2D eigenvalue weighted by molar-refractivity contribution is 6.29. The lowest BCUT2D eigenvalue weighted by Gasteiger charge is -2.03. The lowest BCUT2D eigenvalue weighted by Crippen LogP contribution is -2.17. The molecule has 0 atom stereocenters. The Morgan fingerprint density at radius 2 is 2.18 bits per heavy atom. The highest BCUT2D eigenvalue weighted by Gasteiger charge is 2.12. The fourth-order valence-electron chi connectivity index (χ4n) is 1.39. The van der Waals surface area contributed by atoms with Gasteiger partial charge in [0.25, 0.3) is 5.91 Å². The molecule has 0 radical (unpaired) electrons. The molecule has 0 saturated carbocycles. The molecule has 1 amide bonds. The molecule has 0 aliphatic rings. The van der Waals surface area contributed by atoms with Crippen LogP contribution in [0.3, 0.4) is 0 Å². The van der Waals surface area contributed by atoms with E-state index in [2.05, 4.69) is 20.6 Å². The fraction of sp³-hybridized carbons (Fsp3) is 0.200. The van der Waals surface area contributed by atoms with E-state index in [9.17, 15) is 4.79 Å². The third-order valence-electron chi connectivity index (χ3n) is 2.11. The van der Waals surface area contributed by atoms with Gasteiger partial charge in [-0.25, -0.2) is 0 Å². The minimum absolute atomic E-state index is 0.277. The number of hydrogen-bond donors (Lipinski definition) is 1. The fourth-order valence-corrected chi connectivity index (χ4v) is 1.49. The van der Waals surface area contributed by atoms with Gasteiger partial charge >= 0.3 is 0 Å². The van der Waals surface area contributed by atoms with Crippen LogP contribution in [-0.2, 0) is 7.05 Å². The van der Waals surface area contributed by atoms with Crippen LogP contribution in [0.15, 0.2) is 18.2 Å². The van der Waals surface area contributed by atoms with Crippen LogP contribution in [0.2, 0.25) is 5.15 Å². The van der Waals surface area contributed by atoms with Crippen molar-refractivity contribution >= 4 is 23.3 Å². The zero-order valence-corrected chi connectivity index (χ0v) is 10.1. The number of amides is 1. The Labute approximate surface area is 103 Å². The molecule has 2 rings (SSSR count). The number of nitrogens with one attached hydrogen (secondary N) is 1. The van der Waals surface area contributed by atoms with E-state index in [0.717, 1.165) is 5.69 Å². The van der Waals surface area contributed by atoms with Gasteiger partial charge in [0.2, 0.25) is 0 Å². The van der Waals surface area contributed by atoms with E-state index >= 15 is 0 Å². The van der Waals surface area contributed by atoms with Gasteiger partial charge in [-0.05, 0) is 25.1 Å². The standard InChI is InChI=1S/C10H10ClN5O/c1-6-5-7(16(2)15-6)10(17)12-9-4-3-8(11)13-14-9/h3-5H,1-2H3,(H,12,14,17). The van der Waals surface area contributed by atoms with Crippen molar-refractivity contribution in [2.24, 2.45) is 7.05 Å². The quantitative estimate of drug-likeness (QED) is 0.876. The van der Waals surface area contributed by atoms with Crippen molar-refractivity contribution in [1.82, 2.24) is 20.0 Å². The normalized spacial score (nSPS) is 10.3. The van der Waals surface area contributed by atoms with Gasteiger partial charge in [0.05, 0.1) is 5.69 Å². The Kier molecular flexibility index (Phi) is 3.06. The van der Waals surface area contributed by atoms with Gasteiger partial charge in [-0.1, -0.05) is 11.6 Å². The molecular weight excluding hydrogens is 242 g/mol. The van der Waals surface area contributed by atoms with Gasteiger partial charge in [-0.15, -0.1) is 10.2 Å². The zero-order valence-electron chi connectivity index (χ0n) is 9.31. The predicted molar refractivity (Wildman–Crippen MR) is 62.9 cm³/mol. The summed E-state index contributed by atoms with van der Waals surface area (Å²) >= 11 is 5.59. The maximum atomic E-state index is 11.9. The van der Waals surface area contributed by atoms with Gasteiger partial charge in [0, 0.05) is 7.05 Å². The first-order valence-corrected chi connectivity index (χ1v) is 5.25. The van der Waals surface area contributed by atoms with E-state index in [1.54, 1.807) is 25.2 Å². The molecule has 0 aromatic carbocycles. The first-order chi connectivity index (χ1) is 8.06. The Balaban J connectivity index is 2.17. The maximum absolute atomic E-state index is 11.9. The smallest absolute Gasteiger partial charge is 0.275 e. The van der Waals surface area contributed by atoms with Crippen LogP contribution in [0.1, 0.15) is 16.2 Å². The molecular formula is C10H10ClN5O. The summed E-state index contributed by atoms with van der Waals surface area (Å²) in [5.41, 5.74) is 1.24. The van der Waals surface area contributed by atoms with Crippen molar-refractivity contribution in [1.29, 1.82) is 0 Å². The molecule has 0 unspecified atom stereocenters. The Morgan fingerprint density at radius 1 is 1.41 bits per heavy atom. The second-order valence-electron chi connectivity index (χ2n) is 3.49. The van der Waals surface area contributed by atoms with Crippen molar-refractivity contribution < 1.29 is 4.79 Å². The van der Waals surface area contributed by atoms with Gasteiger partial charge in [0.1, 0.15) is 5.69 Å². The summed E-state index contributed by atoms with van der Waals surface area (Å²) in [6, 6.07) is 4.83. The molecule has 88 valence electrons. The summed E-state index contributed by atoms with van der Waals surface area (Å²) in [5, 5.41) is 14.3. The molecule has 2 aromatic rings. The Morgan fingerprint density at radius 3 is 2.71 bits per heavy atom. The molecule has 0 spiro atoms. The largest absolute Gasteiger partial charge is 0.304 e. The van der Waals surface area contributed by atoms with E-state index in [-0.39, 0.29) is 11.1 Å². The lowest BCUT2D eigenvalue weighted by atomic mass is 10.3. The minimum Gasteiger partial charge on any atom is -0.304 e. The molecule has 1 N–H and O–H groups in total. The number of rotatable bonds is 2. The molecule has 0 saturated heterocycles. The van der Waals surface area contributed by atoms with Crippen LogP contribution in [0, 0.1) is 6.92 Å². The number of carbonyl (C=O) groups is 1. The number of aryl methyl sites for hydroxylation is 2. The van der Waals surface area contributed by atoms with Crippen molar-refractivity contribution in [3.63, 3.8) is 0 Å². The zero-order chi connectivity index (χ0) is 12.4. The molecule has 0 fully saturated rings. The number of nitrogens with zero attached hydrogens (tertiary/aromatic N) is 4. The Hall–Kier alpha value is -1.95. The molecule has 7 heteroatoms. The first kappa shape index (κ1) is 11.5. The van der Waals surface area contributed by atoms with Crippen LogP contribution in [-0.4, -0.2) is 25.9 Å². The van der Waals surface area contributed by atoms with E-state index < -0.39 is 0 Å². The highest BCUT2D eigenvalue weighted by Crippen LogP contribution is 2.08. The third kappa shape index (κ3) is 2.59. The van der Waals surface area contributed by atoms with Crippen molar-refractivity contribution in [2.45, 2.75) is 6.92 Å². The van der Waals surface area contributed by atoms with Crippen LogP contribution in [0.4, 0.5) is 5.82 Å². The molecule has 6 nitrogen and oxygen atoms in total. The SMILES string of the molecule is Cc1cc(C(=O)Nc2ccc(Cl)nn2)n(C)n1. The summed E-state index contributed by atoms with van der Waals surface area (Å²) < 4.78 is 1.51. The summed E-state index contributed by atoms with van der Waals surface area (Å²) in [6.07, 6.45) is 0. The molecule has 2 heterocycles. The number of halogens is 1. The number of anilines is 1. The lowest BCUT2D eigenvalue weighted by molar-refractivity contribution is 0.101. The van der Waals surface area contributed by atoms with Gasteiger partial charge in [-0.2, -0.15) is 5.10 Å². The summed E-state index contributed by atoms with van der Waals surface area (Å²) in [6.45, 7) is 1.82. The highest BCUT2D eigenvalue weighted by atomic mass is 35.5. The number of aromatic nitrogens is 4. The topological polar surface area (TPSA) is 72.7 Å². The van der Waals surface area contributed by atoms with Crippen molar-refractivity contribution in [3.8, 4) is 0 Å². The molecule has 17 heavy (non-hydrogen) atoms. The third-order valence-corrected chi connectivity index (χ3v) is 2.31. The molecule has 0 aliphatic heterocycles. The van der Waals surface area contributed by atoms with E-state index in [1.165, 1.54) is 4.68 Å². The minimum atomic E-state index is -0.287. The van der Waals surface area contributed by atoms with Gasteiger partial charge in [-0.3, -0.25) is 9.48 Å². The second kappa shape index (κ2) is 4.50. The van der Waals surface area contributed by atoms with Crippen LogP contribution < -0.4 is 5.32 Å². The second-order valence-corrected chi connectivity index (χ2v) is 3.88. The average molecular weight is 252 g/mol. The summed E-state index contributed by atoms with van der Waals surface area (Å²) in [7, 11) is 1.70. The van der Waals surface area contributed by atoms with E-state index in [0.29, 0.717) is 11.5 Å². The van der Waals surface area contributed by atoms with E-state index in [4.69, 9.17) is 11.6 Å². The summed E-state index contributed by atoms with van der Waals surface area (Å²) in [4.78, 5) is 11.9. The van der Waals surface area contributed by atoms with Crippen molar-refractivity contribution in [2.75, 3.05) is 5.32 Å². The molecule has 0 aliphatic carbocycles. The molecule has 2 aromatic heterocycles. The van der Waals surface area contributed by atoms with E-state index in [1.807, 2.05) is 6.92 Å². The predicted octanol–water partition coefficient (Wildman–Crippen LogP) is 1.42. The number of carbonyl (C=O) groups excluding carboxylic acids is 1. The maximum Gasteiger partial charge on any atom is 0.275 e. The number of hydrogen-bond acceptors (Lipinski definition) is 4. The van der Waals surface area contributed by atoms with Gasteiger partial charge < -0.3 is 5.32 Å². The monoisotopic (exact) mass is 251 g/mol. The average Bonchev–Trinajstić information content (AvgIpc) is 2.61. The van der Waals surface area contributed by atoms with Crippen LogP contribution >= 0.6 is 11.6 Å². The van der Waals surface area contributed by atoms with Crippen LogP contribution in [0.25, 0.3) is 0 Å². The molecule has 0 bridgehead atoms. The Bertz CT molecular complexity index is 548. The van der Waals surface area contributed by atoms with Gasteiger partial charge in [0.15, 0.2) is 11.0 Å². The summed E-state index contributed by atoms with van der Waals surface area (Å²) in [5.74, 6) is 0.0583. The van der Waals surface area contributed by atoms with Crippen molar-refractivity contribution in [3.05, 3.63) is 34.7 Å². The van der Waals surface area contributed by atoms with Crippen LogP contribution in [0.5, 0.6) is 0 Å². The first-order valence-electron chi connectivity index (χ1n) is 4.87.